The van der Waals surface area contributed by atoms with Gasteiger partial charge in [-0.25, -0.2) is 8.98 Å². The van der Waals surface area contributed by atoms with E-state index in [2.05, 4.69) is 0 Å². The average molecular weight is 459 g/mol. The average Bonchev–Trinajstić information content (AvgIpc) is 3.25. The number of benzene rings is 2. The Morgan fingerprint density at radius 2 is 1.97 bits per heavy atom. The van der Waals surface area contributed by atoms with Crippen LogP contribution in [0.2, 0.25) is 10.0 Å². The van der Waals surface area contributed by atoms with Crippen molar-refractivity contribution in [3.8, 4) is 11.5 Å². The van der Waals surface area contributed by atoms with E-state index in [1.165, 1.54) is 12.1 Å². The topological polar surface area (TPSA) is 99.1 Å². The third kappa shape index (κ3) is 3.90. The van der Waals surface area contributed by atoms with Crippen molar-refractivity contribution >= 4 is 39.3 Å². The summed E-state index contributed by atoms with van der Waals surface area (Å²) in [6.45, 7) is 0. The summed E-state index contributed by atoms with van der Waals surface area (Å²) in [5, 5.41) is 9.59. The number of carboxylic acid groups (broad SMARTS) is 1. The lowest BCUT2D eigenvalue weighted by Crippen LogP contribution is -2.32. The molecule has 1 N–H and O–H groups in total. The third-order valence-corrected chi connectivity index (χ3v) is 6.96. The summed E-state index contributed by atoms with van der Waals surface area (Å²) in [5.41, 5.74) is 0.932. The molecule has 0 amide bonds. The van der Waals surface area contributed by atoms with Gasteiger partial charge in [0.05, 0.1) is 14.9 Å². The number of para-hydroxylation sites is 1. The van der Waals surface area contributed by atoms with Gasteiger partial charge in [-0.3, -0.25) is 0 Å². The normalized spacial score (nSPS) is 21.2. The van der Waals surface area contributed by atoms with Crippen molar-refractivity contribution in [1.82, 2.24) is 0 Å². The van der Waals surface area contributed by atoms with E-state index in [0.717, 1.165) is 37.0 Å². The molecule has 2 aromatic rings. The molecule has 0 spiro atoms. The molecule has 0 saturated heterocycles. The van der Waals surface area contributed by atoms with Crippen LogP contribution in [0.5, 0.6) is 11.5 Å². The molecule has 1 fully saturated rings. The minimum atomic E-state index is -4.48. The van der Waals surface area contributed by atoms with Crippen LogP contribution in [0.3, 0.4) is 0 Å². The lowest BCUT2D eigenvalue weighted by molar-refractivity contribution is -0.158. The van der Waals surface area contributed by atoms with Crippen LogP contribution in [0, 0.1) is 0 Å². The van der Waals surface area contributed by atoms with E-state index in [4.69, 9.17) is 36.9 Å². The molecule has 0 radical (unpaired) electrons. The van der Waals surface area contributed by atoms with Crippen molar-refractivity contribution in [2.24, 2.45) is 0 Å². The second-order valence-corrected chi connectivity index (χ2v) is 9.17. The standard InChI is InChI=1S/C19H16Cl2O7S/c20-13-8-7-10(9-14(13)21)29(24,25)28-19(18(22)23)27-16-6-2-4-12-11-3-1-5-15(11)26-17(12)16/h2,4,6-9,11,15,19H,1,3,5H2,(H,22,23). The summed E-state index contributed by atoms with van der Waals surface area (Å²) in [7, 11) is -4.48. The molecule has 1 heterocycles. The molecule has 10 heteroatoms. The number of halogens is 2. The Morgan fingerprint density at radius 1 is 1.17 bits per heavy atom. The van der Waals surface area contributed by atoms with Crippen molar-refractivity contribution in [3.05, 3.63) is 52.0 Å². The maximum Gasteiger partial charge on any atom is 0.375 e. The van der Waals surface area contributed by atoms with Gasteiger partial charge in [-0.2, -0.15) is 8.42 Å². The summed E-state index contributed by atoms with van der Waals surface area (Å²) in [6, 6.07) is 8.64. The van der Waals surface area contributed by atoms with E-state index in [9.17, 15) is 18.3 Å². The van der Waals surface area contributed by atoms with E-state index in [1.54, 1.807) is 6.07 Å². The van der Waals surface area contributed by atoms with Crippen molar-refractivity contribution in [3.63, 3.8) is 0 Å². The number of rotatable bonds is 6. The zero-order valence-electron chi connectivity index (χ0n) is 14.9. The fourth-order valence-corrected chi connectivity index (χ4v) is 4.97. The second-order valence-electron chi connectivity index (χ2n) is 6.78. The van der Waals surface area contributed by atoms with Gasteiger partial charge in [0.25, 0.3) is 0 Å². The minimum absolute atomic E-state index is 0.00930. The molecule has 1 aliphatic carbocycles. The fourth-order valence-electron chi connectivity index (χ4n) is 3.65. The number of hydrogen-bond acceptors (Lipinski definition) is 6. The Balaban J connectivity index is 1.59. The SMILES string of the molecule is O=C(O)C(Oc1cccc2c1OC1CCCC21)OS(=O)(=O)c1ccc(Cl)c(Cl)c1. The fraction of sp³-hybridized carbons (Fsp3) is 0.316. The van der Waals surface area contributed by atoms with Gasteiger partial charge in [-0.1, -0.05) is 35.3 Å². The molecule has 4 rings (SSSR count). The van der Waals surface area contributed by atoms with Crippen LogP contribution in [0.1, 0.15) is 30.7 Å². The molecule has 3 atom stereocenters. The summed E-state index contributed by atoms with van der Waals surface area (Å²) in [5.74, 6) is -0.820. The second kappa shape index (κ2) is 7.68. The molecule has 3 unspecified atom stereocenters. The number of fused-ring (bicyclic) bond motifs is 3. The molecule has 154 valence electrons. The van der Waals surface area contributed by atoms with Gasteiger partial charge in [-0.05, 0) is 43.5 Å². The Morgan fingerprint density at radius 3 is 2.69 bits per heavy atom. The lowest BCUT2D eigenvalue weighted by Gasteiger charge is -2.18. The smallest absolute Gasteiger partial charge is 0.375 e. The first-order valence-corrected chi connectivity index (χ1v) is 11.0. The van der Waals surface area contributed by atoms with Crippen LogP contribution >= 0.6 is 23.2 Å². The zero-order valence-corrected chi connectivity index (χ0v) is 17.2. The van der Waals surface area contributed by atoms with E-state index >= 15 is 0 Å². The van der Waals surface area contributed by atoms with E-state index in [-0.39, 0.29) is 32.7 Å². The number of ether oxygens (including phenoxy) is 2. The van der Waals surface area contributed by atoms with Crippen molar-refractivity contribution in [2.45, 2.75) is 42.5 Å². The first-order valence-electron chi connectivity index (χ1n) is 8.83. The lowest BCUT2D eigenvalue weighted by atomic mass is 9.97. The molecule has 29 heavy (non-hydrogen) atoms. The van der Waals surface area contributed by atoms with Gasteiger partial charge < -0.3 is 14.6 Å². The molecule has 7 nitrogen and oxygen atoms in total. The first-order chi connectivity index (χ1) is 13.8. The molecule has 0 aromatic heterocycles. The Kier molecular flexibility index (Phi) is 5.37. The summed E-state index contributed by atoms with van der Waals surface area (Å²) >= 11 is 11.6. The van der Waals surface area contributed by atoms with Crippen molar-refractivity contribution in [2.75, 3.05) is 0 Å². The highest BCUT2D eigenvalue weighted by atomic mass is 35.5. The highest BCUT2D eigenvalue weighted by Crippen LogP contribution is 2.50. The Hall–Kier alpha value is -2.00. The van der Waals surface area contributed by atoms with Crippen LogP contribution in [-0.4, -0.2) is 31.9 Å². The molecule has 1 saturated carbocycles. The summed E-state index contributed by atoms with van der Waals surface area (Å²) in [4.78, 5) is 11.3. The minimum Gasteiger partial charge on any atom is -0.486 e. The maximum absolute atomic E-state index is 12.5. The number of aliphatic carboxylic acids is 1. The highest BCUT2D eigenvalue weighted by Gasteiger charge is 2.40. The van der Waals surface area contributed by atoms with Gasteiger partial charge in [0.1, 0.15) is 6.10 Å². The van der Waals surface area contributed by atoms with E-state index in [1.807, 2.05) is 6.07 Å². The Labute approximate surface area is 177 Å². The van der Waals surface area contributed by atoms with Gasteiger partial charge >= 0.3 is 22.4 Å². The number of carboxylic acids is 1. The van der Waals surface area contributed by atoms with Gasteiger partial charge in [-0.15, -0.1) is 0 Å². The number of carbonyl (C=O) groups is 1. The molecule has 2 aliphatic rings. The monoisotopic (exact) mass is 458 g/mol. The summed E-state index contributed by atoms with van der Waals surface area (Å²) in [6.07, 6.45) is 0.862. The highest BCUT2D eigenvalue weighted by molar-refractivity contribution is 7.86. The van der Waals surface area contributed by atoms with Crippen LogP contribution in [-0.2, 0) is 19.1 Å². The van der Waals surface area contributed by atoms with Crippen LogP contribution < -0.4 is 9.47 Å². The van der Waals surface area contributed by atoms with Gasteiger partial charge in [0.2, 0.25) is 0 Å². The van der Waals surface area contributed by atoms with Crippen molar-refractivity contribution < 1.29 is 32.0 Å². The van der Waals surface area contributed by atoms with Crippen molar-refractivity contribution in [1.29, 1.82) is 0 Å². The van der Waals surface area contributed by atoms with Gasteiger partial charge in [0, 0.05) is 11.5 Å². The predicted molar refractivity (Wildman–Crippen MR) is 104 cm³/mol. The third-order valence-electron chi connectivity index (χ3n) is 4.96. The quantitative estimate of drug-likeness (QED) is 0.510. The van der Waals surface area contributed by atoms with Crippen LogP contribution in [0.25, 0.3) is 0 Å². The predicted octanol–water partition coefficient (Wildman–Crippen LogP) is 4.22. The molecule has 1 aliphatic heterocycles. The van der Waals surface area contributed by atoms with E-state index in [0.29, 0.717) is 5.75 Å². The zero-order chi connectivity index (χ0) is 20.8. The maximum atomic E-state index is 12.5. The molecular weight excluding hydrogens is 443 g/mol. The molecule has 0 bridgehead atoms. The van der Waals surface area contributed by atoms with Crippen LogP contribution in [0.15, 0.2) is 41.3 Å². The Bertz CT molecular complexity index is 1070. The first kappa shape index (κ1) is 20.3. The molecule has 2 aromatic carbocycles. The molecular formula is C19H16Cl2O7S. The van der Waals surface area contributed by atoms with E-state index < -0.39 is 22.4 Å². The summed E-state index contributed by atoms with van der Waals surface area (Å²) < 4.78 is 41.2. The number of hydrogen-bond donors (Lipinski definition) is 1. The van der Waals surface area contributed by atoms with Crippen LogP contribution in [0.4, 0.5) is 0 Å². The van der Waals surface area contributed by atoms with Gasteiger partial charge in [0.15, 0.2) is 11.5 Å². The largest absolute Gasteiger partial charge is 0.486 e.